The third-order valence-corrected chi connectivity index (χ3v) is 3.22. The third-order valence-electron chi connectivity index (χ3n) is 3.22. The van der Waals surface area contributed by atoms with Crippen molar-refractivity contribution in [2.45, 2.75) is 19.4 Å². The fraction of sp³-hybridized carbons (Fsp3) is 0.429. The minimum absolute atomic E-state index is 0.0879. The summed E-state index contributed by atoms with van der Waals surface area (Å²) in [7, 11) is 1.33. The van der Waals surface area contributed by atoms with E-state index in [1.807, 2.05) is 17.0 Å². The Labute approximate surface area is 112 Å². The highest BCUT2D eigenvalue weighted by molar-refractivity contribution is 5.94. The van der Waals surface area contributed by atoms with Gasteiger partial charge in [0, 0.05) is 25.2 Å². The van der Waals surface area contributed by atoms with Gasteiger partial charge in [-0.25, -0.2) is 4.79 Å². The molecule has 1 aromatic rings. The SMILES string of the molecule is COC(=O)NCc1ccc(C(=O)N2CCCC2)cc1. The zero-order valence-corrected chi connectivity index (χ0v) is 11.0. The van der Waals surface area contributed by atoms with Gasteiger partial charge in [-0.3, -0.25) is 4.79 Å². The van der Waals surface area contributed by atoms with E-state index >= 15 is 0 Å². The number of ether oxygens (including phenoxy) is 1. The predicted octanol–water partition coefficient (Wildman–Crippen LogP) is 1.78. The van der Waals surface area contributed by atoms with Crippen LogP contribution in [0.5, 0.6) is 0 Å². The van der Waals surface area contributed by atoms with Gasteiger partial charge in [0.05, 0.1) is 7.11 Å². The number of amides is 2. The lowest BCUT2D eigenvalue weighted by atomic mass is 10.1. The number of likely N-dealkylation sites (tertiary alicyclic amines) is 1. The van der Waals surface area contributed by atoms with E-state index in [0.717, 1.165) is 31.5 Å². The van der Waals surface area contributed by atoms with Gasteiger partial charge in [-0.15, -0.1) is 0 Å². The molecule has 5 heteroatoms. The van der Waals surface area contributed by atoms with Crippen molar-refractivity contribution >= 4 is 12.0 Å². The van der Waals surface area contributed by atoms with Crippen molar-refractivity contribution in [2.24, 2.45) is 0 Å². The van der Waals surface area contributed by atoms with Gasteiger partial charge in [-0.2, -0.15) is 0 Å². The second-order valence-electron chi connectivity index (χ2n) is 4.54. The van der Waals surface area contributed by atoms with Gasteiger partial charge in [-0.1, -0.05) is 12.1 Å². The largest absolute Gasteiger partial charge is 0.453 e. The van der Waals surface area contributed by atoms with Crippen LogP contribution in [0.3, 0.4) is 0 Å². The molecule has 1 saturated heterocycles. The van der Waals surface area contributed by atoms with E-state index in [2.05, 4.69) is 10.1 Å². The standard InChI is InChI=1S/C14H18N2O3/c1-19-14(18)15-10-11-4-6-12(7-5-11)13(17)16-8-2-3-9-16/h4-7H,2-3,8-10H2,1H3,(H,15,18). The molecule has 1 heterocycles. The van der Waals surface area contributed by atoms with Crippen molar-refractivity contribution in [3.63, 3.8) is 0 Å². The van der Waals surface area contributed by atoms with Crippen molar-refractivity contribution < 1.29 is 14.3 Å². The summed E-state index contributed by atoms with van der Waals surface area (Å²) in [6, 6.07) is 7.29. The minimum atomic E-state index is -0.461. The molecule has 1 fully saturated rings. The van der Waals surface area contributed by atoms with Crippen LogP contribution in [0.25, 0.3) is 0 Å². The molecule has 0 spiro atoms. The van der Waals surface area contributed by atoms with E-state index < -0.39 is 6.09 Å². The predicted molar refractivity (Wildman–Crippen MR) is 70.8 cm³/mol. The number of benzene rings is 1. The molecule has 1 aliphatic rings. The van der Waals surface area contributed by atoms with Gasteiger partial charge in [0.15, 0.2) is 0 Å². The van der Waals surface area contributed by atoms with E-state index in [4.69, 9.17) is 0 Å². The van der Waals surface area contributed by atoms with Gasteiger partial charge in [0.2, 0.25) is 0 Å². The highest BCUT2D eigenvalue weighted by Crippen LogP contribution is 2.13. The number of rotatable bonds is 3. The molecular formula is C14H18N2O3. The van der Waals surface area contributed by atoms with Gasteiger partial charge in [0.25, 0.3) is 5.91 Å². The number of nitrogens with zero attached hydrogens (tertiary/aromatic N) is 1. The van der Waals surface area contributed by atoms with Gasteiger partial charge < -0.3 is 15.0 Å². The molecule has 1 N–H and O–H groups in total. The highest BCUT2D eigenvalue weighted by atomic mass is 16.5. The smallest absolute Gasteiger partial charge is 0.407 e. The summed E-state index contributed by atoms with van der Waals surface area (Å²) in [6.45, 7) is 2.10. The van der Waals surface area contributed by atoms with E-state index in [1.54, 1.807) is 12.1 Å². The Hall–Kier alpha value is -2.04. The number of hydrogen-bond donors (Lipinski definition) is 1. The fourth-order valence-corrected chi connectivity index (χ4v) is 2.11. The first-order valence-electron chi connectivity index (χ1n) is 6.41. The number of nitrogens with one attached hydrogen (secondary N) is 1. The van der Waals surface area contributed by atoms with Crippen molar-refractivity contribution in [3.05, 3.63) is 35.4 Å². The van der Waals surface area contributed by atoms with Crippen LogP contribution in [-0.2, 0) is 11.3 Å². The first kappa shape index (κ1) is 13.4. The summed E-state index contributed by atoms with van der Waals surface area (Å²) in [6.07, 6.45) is 1.72. The molecule has 0 atom stereocenters. The molecule has 0 aromatic heterocycles. The van der Waals surface area contributed by atoms with Gasteiger partial charge in [0.1, 0.15) is 0 Å². The number of alkyl carbamates (subject to hydrolysis) is 1. The van der Waals surface area contributed by atoms with E-state index in [-0.39, 0.29) is 5.91 Å². The van der Waals surface area contributed by atoms with E-state index in [1.165, 1.54) is 7.11 Å². The quantitative estimate of drug-likeness (QED) is 0.903. The fourth-order valence-electron chi connectivity index (χ4n) is 2.11. The summed E-state index contributed by atoms with van der Waals surface area (Å²) in [5.74, 6) is 0.0879. The minimum Gasteiger partial charge on any atom is -0.453 e. The maximum Gasteiger partial charge on any atom is 0.407 e. The molecule has 5 nitrogen and oxygen atoms in total. The average molecular weight is 262 g/mol. The molecule has 0 radical (unpaired) electrons. The van der Waals surface area contributed by atoms with E-state index in [0.29, 0.717) is 12.1 Å². The normalized spacial score (nSPS) is 14.3. The summed E-state index contributed by atoms with van der Waals surface area (Å²) in [4.78, 5) is 24.9. The lowest BCUT2D eigenvalue weighted by Crippen LogP contribution is -2.27. The van der Waals surface area contributed by atoms with Crippen molar-refractivity contribution in [2.75, 3.05) is 20.2 Å². The molecular weight excluding hydrogens is 244 g/mol. The van der Waals surface area contributed by atoms with Crippen LogP contribution < -0.4 is 5.32 Å². The Morgan fingerprint density at radius 1 is 1.21 bits per heavy atom. The van der Waals surface area contributed by atoms with Crippen LogP contribution in [0, 0.1) is 0 Å². The zero-order chi connectivity index (χ0) is 13.7. The molecule has 1 aromatic carbocycles. The van der Waals surface area contributed by atoms with Crippen LogP contribution >= 0.6 is 0 Å². The maximum atomic E-state index is 12.1. The molecule has 19 heavy (non-hydrogen) atoms. The van der Waals surface area contributed by atoms with Crippen molar-refractivity contribution in [3.8, 4) is 0 Å². The Bertz CT molecular complexity index is 450. The molecule has 2 rings (SSSR count). The molecule has 0 aliphatic carbocycles. The first-order chi connectivity index (χ1) is 9.20. The summed E-state index contributed by atoms with van der Waals surface area (Å²) in [5, 5.41) is 2.60. The van der Waals surface area contributed by atoms with Crippen LogP contribution in [0.2, 0.25) is 0 Å². The highest BCUT2D eigenvalue weighted by Gasteiger charge is 2.19. The monoisotopic (exact) mass is 262 g/mol. The third kappa shape index (κ3) is 3.47. The van der Waals surface area contributed by atoms with Crippen LogP contribution in [0.1, 0.15) is 28.8 Å². The Morgan fingerprint density at radius 2 is 1.84 bits per heavy atom. The topological polar surface area (TPSA) is 58.6 Å². The zero-order valence-electron chi connectivity index (χ0n) is 11.0. The lowest BCUT2D eigenvalue weighted by Gasteiger charge is -2.15. The van der Waals surface area contributed by atoms with Crippen molar-refractivity contribution in [1.82, 2.24) is 10.2 Å². The first-order valence-corrected chi connectivity index (χ1v) is 6.41. The van der Waals surface area contributed by atoms with Crippen LogP contribution in [0.4, 0.5) is 4.79 Å². The summed E-state index contributed by atoms with van der Waals surface area (Å²) < 4.78 is 4.49. The Morgan fingerprint density at radius 3 is 2.42 bits per heavy atom. The molecule has 0 bridgehead atoms. The maximum absolute atomic E-state index is 12.1. The summed E-state index contributed by atoms with van der Waals surface area (Å²) >= 11 is 0. The van der Waals surface area contributed by atoms with Crippen LogP contribution in [0.15, 0.2) is 24.3 Å². The Balaban J connectivity index is 1.94. The molecule has 1 aliphatic heterocycles. The second kappa shape index (κ2) is 6.22. The van der Waals surface area contributed by atoms with Crippen molar-refractivity contribution in [1.29, 1.82) is 0 Å². The van der Waals surface area contributed by atoms with Gasteiger partial charge in [-0.05, 0) is 30.5 Å². The molecule has 0 unspecified atom stereocenters. The second-order valence-corrected chi connectivity index (χ2v) is 4.54. The molecule has 2 amide bonds. The Kier molecular flexibility index (Phi) is 4.39. The number of carbonyl (C=O) groups is 2. The lowest BCUT2D eigenvalue weighted by molar-refractivity contribution is 0.0792. The summed E-state index contributed by atoms with van der Waals surface area (Å²) in [5.41, 5.74) is 1.63. The molecule has 102 valence electrons. The number of methoxy groups -OCH3 is 1. The average Bonchev–Trinajstić information content (AvgIpc) is 2.98. The van der Waals surface area contributed by atoms with Crippen LogP contribution in [-0.4, -0.2) is 37.1 Å². The van der Waals surface area contributed by atoms with Gasteiger partial charge >= 0.3 is 6.09 Å². The molecule has 0 saturated carbocycles. The number of hydrogen-bond acceptors (Lipinski definition) is 3. The number of carbonyl (C=O) groups excluding carboxylic acids is 2. The van der Waals surface area contributed by atoms with E-state index in [9.17, 15) is 9.59 Å².